The standard InChI is InChI=1S/C23H29N5O/c1-19-8-2-3-10-22(19)27-16-14-26(15-17-27)12-7-5-11-24-23(29)21-18-20-9-4-6-13-28(20)25-21/h2-4,6,8-10,13,18H,5,7,11-12,14-17H2,1H3,(H,24,29). The van der Waals surface area contributed by atoms with Gasteiger partial charge >= 0.3 is 0 Å². The van der Waals surface area contributed by atoms with Crippen molar-refractivity contribution in [3.8, 4) is 0 Å². The number of piperazine rings is 1. The van der Waals surface area contributed by atoms with Crippen LogP contribution >= 0.6 is 0 Å². The van der Waals surface area contributed by atoms with Crippen LogP contribution in [0.2, 0.25) is 0 Å². The van der Waals surface area contributed by atoms with Gasteiger partial charge in [0.15, 0.2) is 5.69 Å². The van der Waals surface area contributed by atoms with Crippen LogP contribution in [0.4, 0.5) is 5.69 Å². The third kappa shape index (κ3) is 4.77. The zero-order chi connectivity index (χ0) is 20.1. The highest BCUT2D eigenvalue weighted by molar-refractivity contribution is 5.93. The van der Waals surface area contributed by atoms with Gasteiger partial charge in [-0.25, -0.2) is 4.52 Å². The fourth-order valence-corrected chi connectivity index (χ4v) is 3.93. The number of nitrogens with zero attached hydrogens (tertiary/aromatic N) is 4. The van der Waals surface area contributed by atoms with E-state index in [0.717, 1.165) is 51.1 Å². The number of unbranched alkanes of at least 4 members (excludes halogenated alkanes) is 1. The highest BCUT2D eigenvalue weighted by atomic mass is 16.1. The minimum absolute atomic E-state index is 0.0967. The van der Waals surface area contributed by atoms with Crippen molar-refractivity contribution in [1.82, 2.24) is 19.8 Å². The normalized spacial score (nSPS) is 15.0. The summed E-state index contributed by atoms with van der Waals surface area (Å²) in [7, 11) is 0. The molecule has 1 N–H and O–H groups in total. The van der Waals surface area contributed by atoms with E-state index in [1.807, 2.05) is 30.5 Å². The van der Waals surface area contributed by atoms with Crippen molar-refractivity contribution in [2.24, 2.45) is 0 Å². The maximum Gasteiger partial charge on any atom is 0.271 e. The number of aryl methyl sites for hydroxylation is 1. The van der Waals surface area contributed by atoms with Gasteiger partial charge in [0.25, 0.3) is 5.91 Å². The van der Waals surface area contributed by atoms with Crippen LogP contribution in [0.5, 0.6) is 0 Å². The molecule has 0 radical (unpaired) electrons. The van der Waals surface area contributed by atoms with Gasteiger partial charge in [-0.2, -0.15) is 5.10 Å². The first-order chi connectivity index (χ1) is 14.2. The SMILES string of the molecule is Cc1ccccc1N1CCN(CCCCNC(=O)c2cc3ccccn3n2)CC1. The first-order valence-corrected chi connectivity index (χ1v) is 10.5. The van der Waals surface area contributed by atoms with E-state index in [2.05, 4.69) is 51.4 Å². The summed E-state index contributed by atoms with van der Waals surface area (Å²) < 4.78 is 1.73. The average molecular weight is 392 g/mol. The lowest BCUT2D eigenvalue weighted by atomic mass is 10.1. The van der Waals surface area contributed by atoms with Crippen LogP contribution in [0.1, 0.15) is 28.9 Å². The quantitative estimate of drug-likeness (QED) is 0.629. The van der Waals surface area contributed by atoms with E-state index < -0.39 is 0 Å². The molecular formula is C23H29N5O. The highest BCUT2D eigenvalue weighted by Gasteiger charge is 2.17. The molecule has 1 amide bonds. The van der Waals surface area contributed by atoms with Crippen LogP contribution < -0.4 is 10.2 Å². The Morgan fingerprint density at radius 1 is 1.03 bits per heavy atom. The number of hydrogen-bond acceptors (Lipinski definition) is 4. The maximum absolute atomic E-state index is 12.3. The summed E-state index contributed by atoms with van der Waals surface area (Å²) in [5.74, 6) is -0.0967. The highest BCUT2D eigenvalue weighted by Crippen LogP contribution is 2.20. The molecule has 1 aliphatic rings. The summed E-state index contributed by atoms with van der Waals surface area (Å²) in [6.45, 7) is 8.32. The molecule has 6 nitrogen and oxygen atoms in total. The largest absolute Gasteiger partial charge is 0.369 e. The number of amides is 1. The molecular weight excluding hydrogens is 362 g/mol. The molecule has 29 heavy (non-hydrogen) atoms. The summed E-state index contributed by atoms with van der Waals surface area (Å²) in [4.78, 5) is 17.3. The monoisotopic (exact) mass is 391 g/mol. The maximum atomic E-state index is 12.3. The van der Waals surface area contributed by atoms with Crippen LogP contribution in [0.15, 0.2) is 54.7 Å². The summed E-state index contributed by atoms with van der Waals surface area (Å²) in [6, 6.07) is 16.2. The summed E-state index contributed by atoms with van der Waals surface area (Å²) >= 11 is 0. The van der Waals surface area contributed by atoms with Gasteiger partial charge in [-0.1, -0.05) is 24.3 Å². The fraction of sp³-hybridized carbons (Fsp3) is 0.391. The van der Waals surface area contributed by atoms with E-state index in [9.17, 15) is 4.79 Å². The lowest BCUT2D eigenvalue weighted by Gasteiger charge is -2.36. The number of benzene rings is 1. The number of nitrogens with one attached hydrogen (secondary N) is 1. The summed E-state index contributed by atoms with van der Waals surface area (Å²) in [6.07, 6.45) is 3.93. The van der Waals surface area contributed by atoms with Crippen molar-refractivity contribution in [1.29, 1.82) is 0 Å². The van der Waals surface area contributed by atoms with Crippen LogP contribution in [0, 0.1) is 6.92 Å². The van der Waals surface area contributed by atoms with E-state index in [-0.39, 0.29) is 5.91 Å². The first-order valence-electron chi connectivity index (χ1n) is 10.5. The molecule has 4 rings (SSSR count). The first kappa shape index (κ1) is 19.5. The predicted molar refractivity (Wildman–Crippen MR) is 117 cm³/mol. The minimum Gasteiger partial charge on any atom is -0.369 e. The number of pyridine rings is 1. The number of rotatable bonds is 7. The smallest absolute Gasteiger partial charge is 0.271 e. The summed E-state index contributed by atoms with van der Waals surface area (Å²) in [5, 5.41) is 7.31. The Labute approximate surface area is 172 Å². The van der Waals surface area contributed by atoms with Crippen LogP contribution in [-0.2, 0) is 0 Å². The van der Waals surface area contributed by atoms with Gasteiger partial charge in [0, 0.05) is 44.6 Å². The van der Waals surface area contributed by atoms with Gasteiger partial charge in [-0.05, 0) is 56.1 Å². The molecule has 0 bridgehead atoms. The van der Waals surface area contributed by atoms with Crippen molar-refractivity contribution in [3.63, 3.8) is 0 Å². The lowest BCUT2D eigenvalue weighted by Crippen LogP contribution is -2.46. The van der Waals surface area contributed by atoms with E-state index in [1.54, 1.807) is 4.52 Å². The zero-order valence-corrected chi connectivity index (χ0v) is 17.1. The molecule has 3 heterocycles. The molecule has 6 heteroatoms. The average Bonchev–Trinajstić information content (AvgIpc) is 3.19. The molecule has 1 saturated heterocycles. The van der Waals surface area contributed by atoms with Crippen molar-refractivity contribution in [2.45, 2.75) is 19.8 Å². The molecule has 1 fully saturated rings. The van der Waals surface area contributed by atoms with Gasteiger partial charge in [0.05, 0.1) is 5.52 Å². The minimum atomic E-state index is -0.0967. The molecule has 0 saturated carbocycles. The number of anilines is 1. The fourth-order valence-electron chi connectivity index (χ4n) is 3.93. The topological polar surface area (TPSA) is 52.9 Å². The van der Waals surface area contributed by atoms with Crippen LogP contribution in [0.25, 0.3) is 5.52 Å². The molecule has 1 aromatic carbocycles. The van der Waals surface area contributed by atoms with E-state index in [4.69, 9.17) is 0 Å². The summed E-state index contributed by atoms with van der Waals surface area (Å²) in [5.41, 5.74) is 4.12. The third-order valence-electron chi connectivity index (χ3n) is 5.62. The van der Waals surface area contributed by atoms with Gasteiger partial charge in [0.2, 0.25) is 0 Å². The molecule has 1 aliphatic heterocycles. The van der Waals surface area contributed by atoms with Crippen LogP contribution in [-0.4, -0.2) is 59.7 Å². The Kier molecular flexibility index (Phi) is 6.10. The molecule has 0 unspecified atom stereocenters. The van der Waals surface area contributed by atoms with Gasteiger partial charge in [-0.3, -0.25) is 9.69 Å². The number of para-hydroxylation sites is 1. The van der Waals surface area contributed by atoms with Crippen molar-refractivity contribution in [2.75, 3.05) is 44.2 Å². The Bertz CT molecular complexity index is 926. The Hall–Kier alpha value is -2.86. The molecule has 0 aliphatic carbocycles. The number of hydrogen-bond donors (Lipinski definition) is 1. The second-order valence-electron chi connectivity index (χ2n) is 7.68. The van der Waals surface area contributed by atoms with Gasteiger partial charge in [-0.15, -0.1) is 0 Å². The predicted octanol–water partition coefficient (Wildman–Crippen LogP) is 2.97. The number of carbonyl (C=O) groups is 1. The molecule has 0 spiro atoms. The molecule has 0 atom stereocenters. The zero-order valence-electron chi connectivity index (χ0n) is 17.1. The second kappa shape index (κ2) is 9.09. The third-order valence-corrected chi connectivity index (χ3v) is 5.62. The van der Waals surface area contributed by atoms with E-state index in [1.165, 1.54) is 11.3 Å². The molecule has 2 aromatic heterocycles. The van der Waals surface area contributed by atoms with E-state index in [0.29, 0.717) is 12.2 Å². The van der Waals surface area contributed by atoms with Crippen molar-refractivity contribution in [3.05, 3.63) is 66.0 Å². The Balaban J connectivity index is 1.14. The Morgan fingerprint density at radius 2 is 1.83 bits per heavy atom. The van der Waals surface area contributed by atoms with E-state index >= 15 is 0 Å². The number of aromatic nitrogens is 2. The molecule has 152 valence electrons. The van der Waals surface area contributed by atoms with Crippen LogP contribution in [0.3, 0.4) is 0 Å². The van der Waals surface area contributed by atoms with Crippen molar-refractivity contribution >= 4 is 17.1 Å². The number of fused-ring (bicyclic) bond motifs is 1. The second-order valence-corrected chi connectivity index (χ2v) is 7.68. The Morgan fingerprint density at radius 3 is 2.62 bits per heavy atom. The van der Waals surface area contributed by atoms with Crippen molar-refractivity contribution < 1.29 is 4.79 Å². The van der Waals surface area contributed by atoms with Gasteiger partial charge in [0.1, 0.15) is 0 Å². The lowest BCUT2D eigenvalue weighted by molar-refractivity contribution is 0.0947. The molecule has 3 aromatic rings. The van der Waals surface area contributed by atoms with Gasteiger partial charge < -0.3 is 10.2 Å². The number of carbonyl (C=O) groups excluding carboxylic acids is 1.